The van der Waals surface area contributed by atoms with Gasteiger partial charge in [0.05, 0.1) is 12.7 Å². The Morgan fingerprint density at radius 1 is 0.766 bits per heavy atom. The number of carbonyl (C=O) groups excluding carboxylic acids is 5. The van der Waals surface area contributed by atoms with Crippen LogP contribution in [0, 0.1) is 11.8 Å². The molecule has 0 unspecified atom stereocenters. The lowest BCUT2D eigenvalue weighted by Gasteiger charge is -2.28. The predicted octanol–water partition coefficient (Wildman–Crippen LogP) is 0.291. The lowest BCUT2D eigenvalue weighted by atomic mass is 9.98. The summed E-state index contributed by atoms with van der Waals surface area (Å²) in [5.74, 6) is -5.56. The number of hydrogen-bond donors (Lipinski definition) is 8. The summed E-state index contributed by atoms with van der Waals surface area (Å²) in [5.41, 5.74) is 1.98. The Hall–Kier alpha value is -5.21. The highest BCUT2D eigenvalue weighted by atomic mass is 16.4. The number of rotatable bonds is 9. The number of aromatic amines is 2. The number of carboxylic acids is 1. The van der Waals surface area contributed by atoms with Gasteiger partial charge in [-0.15, -0.1) is 0 Å². The topological polar surface area (TPSA) is 227 Å². The van der Waals surface area contributed by atoms with E-state index in [-0.39, 0.29) is 25.2 Å². The maximum Gasteiger partial charge on any atom is 0.305 e. The Labute approximate surface area is 271 Å². The van der Waals surface area contributed by atoms with Crippen LogP contribution < -0.4 is 26.6 Å². The van der Waals surface area contributed by atoms with E-state index in [0.717, 1.165) is 10.9 Å². The highest BCUT2D eigenvalue weighted by molar-refractivity contribution is 5.99. The first-order valence-corrected chi connectivity index (χ1v) is 15.6. The van der Waals surface area contributed by atoms with E-state index >= 15 is 0 Å². The highest BCUT2D eigenvalue weighted by Crippen LogP contribution is 2.20. The van der Waals surface area contributed by atoms with Gasteiger partial charge in [-0.25, -0.2) is 4.98 Å². The number of hydrogen-bond acceptors (Lipinski definition) is 7. The average molecular weight is 651 g/mol. The number of carboxylic acid groups (broad SMARTS) is 1. The average Bonchev–Trinajstić information content (AvgIpc) is 3.67. The van der Waals surface area contributed by atoms with Gasteiger partial charge >= 0.3 is 5.97 Å². The molecule has 0 aliphatic carbocycles. The largest absolute Gasteiger partial charge is 0.481 e. The number of nitrogens with zero attached hydrogens (tertiary/aromatic N) is 1. The van der Waals surface area contributed by atoms with Crippen LogP contribution in [0.5, 0.6) is 0 Å². The first kappa shape index (κ1) is 34.7. The molecule has 252 valence electrons. The van der Waals surface area contributed by atoms with Crippen molar-refractivity contribution in [1.82, 2.24) is 41.5 Å². The molecular formula is C32H42N8O7. The molecule has 47 heavy (non-hydrogen) atoms. The zero-order valence-corrected chi connectivity index (χ0v) is 26.8. The number of fused-ring (bicyclic) bond motifs is 1. The molecule has 1 aliphatic rings. The Morgan fingerprint density at radius 2 is 1.36 bits per heavy atom. The quantitative estimate of drug-likeness (QED) is 0.160. The first-order valence-electron chi connectivity index (χ1n) is 15.6. The van der Waals surface area contributed by atoms with E-state index in [2.05, 4.69) is 41.5 Å². The van der Waals surface area contributed by atoms with Gasteiger partial charge in [-0.05, 0) is 29.9 Å². The second-order valence-corrected chi connectivity index (χ2v) is 12.5. The summed E-state index contributed by atoms with van der Waals surface area (Å²) >= 11 is 0. The summed E-state index contributed by atoms with van der Waals surface area (Å²) in [6.45, 7) is 7.20. The van der Waals surface area contributed by atoms with Gasteiger partial charge < -0.3 is 41.7 Å². The molecule has 0 saturated carbocycles. The van der Waals surface area contributed by atoms with Gasteiger partial charge in [0.15, 0.2) is 0 Å². The molecule has 5 atom stereocenters. The van der Waals surface area contributed by atoms with Gasteiger partial charge in [-0.1, -0.05) is 45.9 Å². The van der Waals surface area contributed by atoms with Crippen LogP contribution >= 0.6 is 0 Å². The number of nitrogens with one attached hydrogen (secondary N) is 7. The Bertz CT molecular complexity index is 1600. The monoisotopic (exact) mass is 650 g/mol. The van der Waals surface area contributed by atoms with E-state index < -0.39 is 78.1 Å². The summed E-state index contributed by atoms with van der Waals surface area (Å²) in [5, 5.41) is 23.7. The zero-order valence-electron chi connectivity index (χ0n) is 26.8. The number of aromatic nitrogens is 3. The van der Waals surface area contributed by atoms with E-state index in [4.69, 9.17) is 0 Å². The molecule has 15 nitrogen and oxygen atoms in total. The maximum absolute atomic E-state index is 13.8. The summed E-state index contributed by atoms with van der Waals surface area (Å²) in [7, 11) is 0. The van der Waals surface area contributed by atoms with Gasteiger partial charge in [0.1, 0.15) is 30.2 Å². The van der Waals surface area contributed by atoms with Gasteiger partial charge in [-0.2, -0.15) is 0 Å². The minimum atomic E-state index is -1.60. The summed E-state index contributed by atoms with van der Waals surface area (Å²) in [6, 6.07) is 1.09. The standard InChI is InChI=1S/C32H42N8O7/c1-16(2)9-22-28(43)36-23(10-18-13-34-21-8-6-5-7-20(18)21)29(44)38-25(12-26(41)42)30(45)37-24(11-19-14-33-15-35-19)31(46)40-27(17(3)4)32(47)39-22/h5-8,13-17,22-25,27,34H,9-12H2,1-4H3,(H,33,35)(H,36,43)(H,37,45)(H,38,44)(H,39,47)(H,40,46)(H,41,42)/t22-,23+,24-,25+,27+/m1/s1. The molecule has 0 spiro atoms. The summed E-state index contributed by atoms with van der Waals surface area (Å²) in [4.78, 5) is 90.2. The fraction of sp³-hybridized carbons (Fsp3) is 0.469. The summed E-state index contributed by atoms with van der Waals surface area (Å²) < 4.78 is 0. The number of para-hydroxylation sites is 1. The lowest BCUT2D eigenvalue weighted by molar-refractivity contribution is -0.141. The molecule has 1 fully saturated rings. The third kappa shape index (κ3) is 9.17. The van der Waals surface area contributed by atoms with Crippen LogP contribution in [-0.2, 0) is 41.6 Å². The van der Waals surface area contributed by atoms with Crippen LogP contribution in [0.25, 0.3) is 10.9 Å². The van der Waals surface area contributed by atoms with Crippen molar-refractivity contribution >= 4 is 46.4 Å². The minimum absolute atomic E-state index is 0.0115. The van der Waals surface area contributed by atoms with Crippen LogP contribution in [0.4, 0.5) is 0 Å². The highest BCUT2D eigenvalue weighted by Gasteiger charge is 2.36. The van der Waals surface area contributed by atoms with Crippen molar-refractivity contribution in [3.8, 4) is 0 Å². The molecule has 1 aromatic carbocycles. The molecule has 0 radical (unpaired) electrons. The van der Waals surface area contributed by atoms with Crippen molar-refractivity contribution in [2.24, 2.45) is 11.8 Å². The zero-order chi connectivity index (χ0) is 34.2. The number of H-pyrrole nitrogens is 2. The van der Waals surface area contributed by atoms with Crippen LogP contribution in [-0.4, -0.2) is 85.8 Å². The minimum Gasteiger partial charge on any atom is -0.481 e. The number of carbonyl (C=O) groups is 6. The molecule has 0 bridgehead atoms. The predicted molar refractivity (Wildman–Crippen MR) is 170 cm³/mol. The molecule has 1 saturated heterocycles. The van der Waals surface area contributed by atoms with Crippen molar-refractivity contribution < 1.29 is 33.9 Å². The summed E-state index contributed by atoms with van der Waals surface area (Å²) in [6.07, 6.45) is 3.90. The van der Waals surface area contributed by atoms with Crippen molar-refractivity contribution in [2.45, 2.75) is 83.6 Å². The van der Waals surface area contributed by atoms with Crippen LogP contribution in [0.3, 0.4) is 0 Å². The van der Waals surface area contributed by atoms with E-state index in [1.165, 1.54) is 12.5 Å². The molecule has 5 amide bonds. The fourth-order valence-corrected chi connectivity index (χ4v) is 5.51. The first-order chi connectivity index (χ1) is 22.3. The number of aliphatic carboxylic acids is 1. The van der Waals surface area contributed by atoms with Gasteiger partial charge in [-0.3, -0.25) is 28.8 Å². The van der Waals surface area contributed by atoms with Crippen LogP contribution in [0.2, 0.25) is 0 Å². The van der Waals surface area contributed by atoms with E-state index in [9.17, 15) is 33.9 Å². The molecular weight excluding hydrogens is 608 g/mol. The second-order valence-electron chi connectivity index (χ2n) is 12.5. The maximum atomic E-state index is 13.8. The smallest absolute Gasteiger partial charge is 0.305 e. The fourth-order valence-electron chi connectivity index (χ4n) is 5.51. The number of imidazole rings is 1. The van der Waals surface area contributed by atoms with E-state index in [0.29, 0.717) is 11.3 Å². The van der Waals surface area contributed by atoms with Crippen LogP contribution in [0.15, 0.2) is 43.0 Å². The molecule has 8 N–H and O–H groups in total. The normalized spacial score (nSPS) is 23.4. The molecule has 4 rings (SSSR count). The lowest BCUT2D eigenvalue weighted by Crippen LogP contribution is -2.59. The van der Waals surface area contributed by atoms with Crippen LogP contribution in [0.1, 0.15) is 51.8 Å². The van der Waals surface area contributed by atoms with Crippen molar-refractivity contribution in [3.05, 3.63) is 54.2 Å². The Kier molecular flexibility index (Phi) is 11.3. The van der Waals surface area contributed by atoms with Gasteiger partial charge in [0, 0.05) is 41.8 Å². The van der Waals surface area contributed by atoms with Crippen molar-refractivity contribution in [1.29, 1.82) is 0 Å². The number of amides is 5. The van der Waals surface area contributed by atoms with Crippen molar-refractivity contribution in [2.75, 3.05) is 0 Å². The molecule has 2 aromatic heterocycles. The van der Waals surface area contributed by atoms with Gasteiger partial charge in [0.25, 0.3) is 0 Å². The third-order valence-electron chi connectivity index (χ3n) is 7.94. The third-order valence-corrected chi connectivity index (χ3v) is 7.94. The molecule has 3 heterocycles. The Balaban J connectivity index is 1.76. The van der Waals surface area contributed by atoms with Gasteiger partial charge in [0.2, 0.25) is 29.5 Å². The van der Waals surface area contributed by atoms with Crippen molar-refractivity contribution in [3.63, 3.8) is 0 Å². The SMILES string of the molecule is CC(C)C[C@H]1NC(=O)[C@H](C(C)C)NC(=O)[C@@H](Cc2cnc[nH]2)NC(=O)[C@H](CC(=O)O)NC(=O)[C@H](Cc2c[nH]c3ccccc23)NC1=O. The molecule has 1 aliphatic heterocycles. The van der Waals surface area contributed by atoms with E-state index in [1.807, 2.05) is 38.1 Å². The van der Waals surface area contributed by atoms with E-state index in [1.54, 1.807) is 20.0 Å². The molecule has 3 aromatic rings. The molecule has 15 heteroatoms. The number of benzene rings is 1. The Morgan fingerprint density at radius 3 is 2.00 bits per heavy atom. The second kappa shape index (κ2) is 15.4.